The number of rotatable bonds is 6. The van der Waals surface area contributed by atoms with Crippen LogP contribution in [0.1, 0.15) is 52.9 Å². The topological polar surface area (TPSA) is 21.3 Å². The molecule has 0 radical (unpaired) electrons. The number of ether oxygens (including phenoxy) is 1. The van der Waals surface area contributed by atoms with Gasteiger partial charge in [-0.1, -0.05) is 26.7 Å². The summed E-state index contributed by atoms with van der Waals surface area (Å²) in [6, 6.07) is 1.37. The molecule has 0 aliphatic carbocycles. The zero-order valence-electron chi connectivity index (χ0n) is 10.6. The van der Waals surface area contributed by atoms with Gasteiger partial charge < -0.3 is 10.1 Å². The molecule has 1 aliphatic heterocycles. The Morgan fingerprint density at radius 2 is 1.80 bits per heavy atom. The van der Waals surface area contributed by atoms with Gasteiger partial charge in [0.05, 0.1) is 0 Å². The maximum Gasteiger partial charge on any atom is 0.0480 e. The van der Waals surface area contributed by atoms with E-state index in [2.05, 4.69) is 26.1 Å². The van der Waals surface area contributed by atoms with Gasteiger partial charge in [0, 0.05) is 25.3 Å². The molecule has 1 aliphatic rings. The van der Waals surface area contributed by atoms with Crippen molar-refractivity contribution < 1.29 is 4.74 Å². The van der Waals surface area contributed by atoms with Gasteiger partial charge in [0.1, 0.15) is 0 Å². The van der Waals surface area contributed by atoms with Crippen LogP contribution < -0.4 is 5.32 Å². The molecule has 2 nitrogen and oxygen atoms in total. The Kier molecular flexibility index (Phi) is 6.26. The lowest BCUT2D eigenvalue weighted by atomic mass is 10.0. The molecule has 90 valence electrons. The van der Waals surface area contributed by atoms with Crippen molar-refractivity contribution in [3.63, 3.8) is 0 Å². The van der Waals surface area contributed by atoms with Gasteiger partial charge >= 0.3 is 0 Å². The fourth-order valence-corrected chi connectivity index (χ4v) is 2.18. The SMILES string of the molecule is CC(C)CCC[C@@H](C)NC1CCOCC1. The average molecular weight is 213 g/mol. The second-order valence-corrected chi connectivity index (χ2v) is 5.28. The van der Waals surface area contributed by atoms with Gasteiger partial charge in [-0.2, -0.15) is 0 Å². The third kappa shape index (κ3) is 6.16. The van der Waals surface area contributed by atoms with Gasteiger partial charge in [-0.05, 0) is 32.1 Å². The average Bonchev–Trinajstić information content (AvgIpc) is 2.18. The summed E-state index contributed by atoms with van der Waals surface area (Å²) < 4.78 is 5.35. The third-order valence-corrected chi connectivity index (χ3v) is 3.16. The van der Waals surface area contributed by atoms with Crippen molar-refractivity contribution in [3.8, 4) is 0 Å². The highest BCUT2D eigenvalue weighted by atomic mass is 16.5. The lowest BCUT2D eigenvalue weighted by Crippen LogP contribution is -2.40. The first-order chi connectivity index (χ1) is 7.18. The molecule has 0 aromatic rings. The molecule has 0 amide bonds. The second-order valence-electron chi connectivity index (χ2n) is 5.28. The van der Waals surface area contributed by atoms with Gasteiger partial charge in [0.15, 0.2) is 0 Å². The van der Waals surface area contributed by atoms with Crippen LogP contribution in [0.2, 0.25) is 0 Å². The number of hydrogen-bond donors (Lipinski definition) is 1. The van der Waals surface area contributed by atoms with Gasteiger partial charge in [0.25, 0.3) is 0 Å². The van der Waals surface area contributed by atoms with Crippen LogP contribution in [0.4, 0.5) is 0 Å². The van der Waals surface area contributed by atoms with Crippen molar-refractivity contribution in [1.82, 2.24) is 5.32 Å². The number of hydrogen-bond acceptors (Lipinski definition) is 2. The Balaban J connectivity index is 2.03. The van der Waals surface area contributed by atoms with Gasteiger partial charge in [-0.15, -0.1) is 0 Å². The molecule has 1 N–H and O–H groups in total. The maximum atomic E-state index is 5.35. The Bertz CT molecular complexity index is 153. The van der Waals surface area contributed by atoms with Crippen LogP contribution >= 0.6 is 0 Å². The lowest BCUT2D eigenvalue weighted by Gasteiger charge is -2.26. The highest BCUT2D eigenvalue weighted by Crippen LogP contribution is 2.11. The monoisotopic (exact) mass is 213 g/mol. The molecule has 0 bridgehead atoms. The van der Waals surface area contributed by atoms with E-state index in [1.54, 1.807) is 0 Å². The van der Waals surface area contributed by atoms with E-state index >= 15 is 0 Å². The van der Waals surface area contributed by atoms with Crippen LogP contribution in [0.5, 0.6) is 0 Å². The zero-order valence-corrected chi connectivity index (χ0v) is 10.6. The van der Waals surface area contributed by atoms with Crippen molar-refractivity contribution in [2.45, 2.75) is 65.0 Å². The standard InChI is InChI=1S/C13H27NO/c1-11(2)5-4-6-12(3)14-13-7-9-15-10-8-13/h11-14H,4-10H2,1-3H3/t12-/m1/s1. The fraction of sp³-hybridized carbons (Fsp3) is 1.00. The van der Waals surface area contributed by atoms with E-state index in [0.717, 1.165) is 19.1 Å². The quantitative estimate of drug-likeness (QED) is 0.732. The molecule has 15 heavy (non-hydrogen) atoms. The van der Waals surface area contributed by atoms with Crippen molar-refractivity contribution in [3.05, 3.63) is 0 Å². The summed E-state index contributed by atoms with van der Waals surface area (Å²) in [5.41, 5.74) is 0. The maximum absolute atomic E-state index is 5.35. The highest BCUT2D eigenvalue weighted by Gasteiger charge is 2.15. The zero-order chi connectivity index (χ0) is 11.1. The third-order valence-electron chi connectivity index (χ3n) is 3.16. The molecule has 1 atom stereocenters. The smallest absolute Gasteiger partial charge is 0.0480 e. The normalized spacial score (nSPS) is 20.8. The van der Waals surface area contributed by atoms with Crippen LogP contribution in [-0.4, -0.2) is 25.3 Å². The fourth-order valence-electron chi connectivity index (χ4n) is 2.18. The van der Waals surface area contributed by atoms with E-state index in [9.17, 15) is 0 Å². The molecule has 1 rings (SSSR count). The van der Waals surface area contributed by atoms with Crippen LogP contribution in [0.25, 0.3) is 0 Å². The first-order valence-electron chi connectivity index (χ1n) is 6.52. The Hall–Kier alpha value is -0.0800. The minimum absolute atomic E-state index is 0.673. The number of nitrogens with one attached hydrogen (secondary N) is 1. The lowest BCUT2D eigenvalue weighted by molar-refractivity contribution is 0.0750. The molecule has 1 fully saturated rings. The van der Waals surface area contributed by atoms with Crippen molar-refractivity contribution in [2.75, 3.05) is 13.2 Å². The van der Waals surface area contributed by atoms with E-state index in [-0.39, 0.29) is 0 Å². The van der Waals surface area contributed by atoms with E-state index in [0.29, 0.717) is 12.1 Å². The summed E-state index contributed by atoms with van der Waals surface area (Å²) in [7, 11) is 0. The van der Waals surface area contributed by atoms with Crippen molar-refractivity contribution >= 4 is 0 Å². The van der Waals surface area contributed by atoms with Crippen molar-refractivity contribution in [2.24, 2.45) is 5.92 Å². The summed E-state index contributed by atoms with van der Waals surface area (Å²) in [6.07, 6.45) is 6.41. The molecule has 1 saturated heterocycles. The molecular weight excluding hydrogens is 186 g/mol. The minimum Gasteiger partial charge on any atom is -0.381 e. The molecule has 0 aromatic carbocycles. The molecule has 0 saturated carbocycles. The molecular formula is C13H27NO. The summed E-state index contributed by atoms with van der Waals surface area (Å²) in [5.74, 6) is 0.847. The van der Waals surface area contributed by atoms with E-state index in [1.807, 2.05) is 0 Å². The van der Waals surface area contributed by atoms with Gasteiger partial charge in [-0.25, -0.2) is 0 Å². The predicted molar refractivity (Wildman–Crippen MR) is 65.1 cm³/mol. The first-order valence-corrected chi connectivity index (χ1v) is 6.52. The van der Waals surface area contributed by atoms with E-state index < -0.39 is 0 Å². The van der Waals surface area contributed by atoms with Crippen LogP contribution in [0.15, 0.2) is 0 Å². The van der Waals surface area contributed by atoms with Crippen LogP contribution in [0, 0.1) is 5.92 Å². The Labute approximate surface area is 94.8 Å². The first kappa shape index (κ1) is 13.0. The van der Waals surface area contributed by atoms with Gasteiger partial charge in [-0.3, -0.25) is 0 Å². The Morgan fingerprint density at radius 3 is 2.40 bits per heavy atom. The van der Waals surface area contributed by atoms with Gasteiger partial charge in [0.2, 0.25) is 0 Å². The summed E-state index contributed by atoms with van der Waals surface area (Å²) in [4.78, 5) is 0. The van der Waals surface area contributed by atoms with Crippen molar-refractivity contribution in [1.29, 1.82) is 0 Å². The van der Waals surface area contributed by atoms with Crippen LogP contribution in [0.3, 0.4) is 0 Å². The minimum atomic E-state index is 0.673. The van der Waals surface area contributed by atoms with E-state index in [1.165, 1.54) is 32.1 Å². The second kappa shape index (κ2) is 7.24. The molecule has 2 heteroatoms. The largest absolute Gasteiger partial charge is 0.381 e. The molecule has 0 spiro atoms. The molecule has 0 unspecified atom stereocenters. The predicted octanol–water partition coefficient (Wildman–Crippen LogP) is 2.97. The summed E-state index contributed by atoms with van der Waals surface area (Å²) in [6.45, 7) is 8.80. The van der Waals surface area contributed by atoms with E-state index in [4.69, 9.17) is 4.74 Å². The summed E-state index contributed by atoms with van der Waals surface area (Å²) in [5, 5.41) is 3.71. The molecule has 1 heterocycles. The van der Waals surface area contributed by atoms with Crippen LogP contribution in [-0.2, 0) is 4.74 Å². The Morgan fingerprint density at radius 1 is 1.13 bits per heavy atom. The molecule has 0 aromatic heterocycles. The highest BCUT2D eigenvalue weighted by molar-refractivity contribution is 4.74. The summed E-state index contributed by atoms with van der Waals surface area (Å²) >= 11 is 0.